The van der Waals surface area contributed by atoms with Crippen molar-refractivity contribution in [3.63, 3.8) is 0 Å². The minimum absolute atomic E-state index is 0.0543. The second-order valence-electron chi connectivity index (χ2n) is 9.30. The van der Waals surface area contributed by atoms with Crippen LogP contribution in [-0.2, 0) is 20.9 Å². The standard InChI is InChI=1S/C24H30N4O4/c25-14-19(12-18-8-11-26-21(18)29)27-22(30)20-13-24(9-4-5-10-24)16-28(20)23(31)32-15-17-6-2-1-3-7-17/h1-3,6-7,18-20H,4-5,8-13,15-16H2,(H,26,29)(H,27,30)/t18-,19-,20?/m0/s1. The van der Waals surface area contributed by atoms with Crippen LogP contribution in [0.2, 0.25) is 0 Å². The van der Waals surface area contributed by atoms with E-state index in [-0.39, 0.29) is 36.2 Å². The Morgan fingerprint density at radius 1 is 1.28 bits per heavy atom. The molecule has 2 aliphatic heterocycles. The summed E-state index contributed by atoms with van der Waals surface area (Å²) in [6.07, 6.45) is 5.20. The summed E-state index contributed by atoms with van der Waals surface area (Å²) in [5, 5.41) is 15.1. The van der Waals surface area contributed by atoms with Gasteiger partial charge in [0.1, 0.15) is 18.7 Å². The molecule has 4 rings (SSSR count). The van der Waals surface area contributed by atoms with Gasteiger partial charge < -0.3 is 15.4 Å². The van der Waals surface area contributed by atoms with Crippen molar-refractivity contribution in [1.29, 1.82) is 5.26 Å². The van der Waals surface area contributed by atoms with E-state index in [0.717, 1.165) is 31.2 Å². The summed E-state index contributed by atoms with van der Waals surface area (Å²) in [4.78, 5) is 39.6. The normalized spacial score (nSPS) is 24.7. The molecular formula is C24H30N4O4. The highest BCUT2D eigenvalue weighted by Gasteiger charge is 2.50. The fourth-order valence-corrected chi connectivity index (χ4v) is 5.34. The Bertz CT molecular complexity index is 891. The number of rotatable bonds is 6. The van der Waals surface area contributed by atoms with Crippen molar-refractivity contribution in [2.45, 2.75) is 63.6 Å². The second kappa shape index (κ2) is 9.60. The zero-order valence-electron chi connectivity index (χ0n) is 18.2. The molecule has 1 unspecified atom stereocenters. The lowest BCUT2D eigenvalue weighted by Crippen LogP contribution is -2.49. The number of ether oxygens (including phenoxy) is 1. The number of carbonyl (C=O) groups excluding carboxylic acids is 3. The Hall–Kier alpha value is -3.08. The maximum atomic E-state index is 13.2. The van der Waals surface area contributed by atoms with Crippen molar-refractivity contribution in [3.05, 3.63) is 35.9 Å². The number of nitrogens with one attached hydrogen (secondary N) is 2. The van der Waals surface area contributed by atoms with Gasteiger partial charge in [-0.25, -0.2) is 4.79 Å². The van der Waals surface area contributed by atoms with Crippen molar-refractivity contribution in [1.82, 2.24) is 15.5 Å². The Morgan fingerprint density at radius 3 is 2.69 bits per heavy atom. The number of carbonyl (C=O) groups is 3. The molecule has 1 aromatic rings. The van der Waals surface area contributed by atoms with Crippen LogP contribution in [0.1, 0.15) is 50.5 Å². The first kappa shape index (κ1) is 22.1. The van der Waals surface area contributed by atoms with Crippen LogP contribution in [0.3, 0.4) is 0 Å². The van der Waals surface area contributed by atoms with Crippen LogP contribution < -0.4 is 10.6 Å². The van der Waals surface area contributed by atoms with E-state index in [2.05, 4.69) is 16.7 Å². The van der Waals surface area contributed by atoms with E-state index in [9.17, 15) is 19.6 Å². The van der Waals surface area contributed by atoms with Crippen LogP contribution in [-0.4, -0.2) is 48.0 Å². The number of likely N-dealkylation sites (tertiary alicyclic amines) is 1. The summed E-state index contributed by atoms with van der Waals surface area (Å²) in [5.41, 5.74) is 0.831. The molecule has 8 heteroatoms. The van der Waals surface area contributed by atoms with Crippen molar-refractivity contribution in [2.75, 3.05) is 13.1 Å². The van der Waals surface area contributed by atoms with Gasteiger partial charge in [0.25, 0.3) is 0 Å². The lowest BCUT2D eigenvalue weighted by Gasteiger charge is -2.25. The maximum absolute atomic E-state index is 13.2. The lowest BCUT2D eigenvalue weighted by atomic mass is 9.84. The number of hydrogen-bond donors (Lipinski definition) is 2. The third kappa shape index (κ3) is 4.87. The van der Waals surface area contributed by atoms with Crippen LogP contribution in [0.5, 0.6) is 0 Å². The third-order valence-electron chi connectivity index (χ3n) is 7.07. The zero-order valence-corrected chi connectivity index (χ0v) is 18.2. The third-order valence-corrected chi connectivity index (χ3v) is 7.07. The molecule has 3 aliphatic rings. The monoisotopic (exact) mass is 438 g/mol. The minimum Gasteiger partial charge on any atom is -0.445 e. The molecule has 32 heavy (non-hydrogen) atoms. The van der Waals surface area contributed by atoms with Gasteiger partial charge in [0.05, 0.1) is 6.07 Å². The van der Waals surface area contributed by atoms with Crippen LogP contribution in [0.25, 0.3) is 0 Å². The molecule has 8 nitrogen and oxygen atoms in total. The average Bonchev–Trinajstić information content (AvgIpc) is 3.53. The SMILES string of the molecule is N#C[C@H](C[C@@H]1CCNC1=O)NC(=O)C1CC2(CCCC2)CN1C(=O)OCc1ccccc1. The quantitative estimate of drug-likeness (QED) is 0.709. The first-order valence-corrected chi connectivity index (χ1v) is 11.4. The Kier molecular flexibility index (Phi) is 6.63. The number of benzene rings is 1. The molecule has 0 bridgehead atoms. The van der Waals surface area contributed by atoms with Crippen molar-refractivity contribution < 1.29 is 19.1 Å². The molecule has 2 heterocycles. The Morgan fingerprint density at radius 2 is 2.03 bits per heavy atom. The van der Waals surface area contributed by atoms with E-state index in [0.29, 0.717) is 25.9 Å². The first-order chi connectivity index (χ1) is 15.5. The molecule has 1 spiro atoms. The van der Waals surface area contributed by atoms with E-state index in [4.69, 9.17) is 4.74 Å². The fraction of sp³-hybridized carbons (Fsp3) is 0.583. The van der Waals surface area contributed by atoms with Gasteiger partial charge in [-0.05, 0) is 43.1 Å². The van der Waals surface area contributed by atoms with Crippen molar-refractivity contribution in [3.8, 4) is 6.07 Å². The molecule has 1 aromatic carbocycles. The van der Waals surface area contributed by atoms with Crippen LogP contribution in [0, 0.1) is 22.7 Å². The summed E-state index contributed by atoms with van der Waals surface area (Å²) in [7, 11) is 0. The Labute approximate surface area is 188 Å². The predicted molar refractivity (Wildman–Crippen MR) is 116 cm³/mol. The van der Waals surface area contributed by atoms with E-state index in [1.54, 1.807) is 4.90 Å². The number of amides is 3. The predicted octanol–water partition coefficient (Wildman–Crippen LogP) is 2.49. The van der Waals surface area contributed by atoms with Gasteiger partial charge in [0.2, 0.25) is 11.8 Å². The van der Waals surface area contributed by atoms with Gasteiger partial charge in [0.15, 0.2) is 0 Å². The van der Waals surface area contributed by atoms with E-state index in [1.807, 2.05) is 30.3 Å². The Balaban J connectivity index is 1.42. The van der Waals surface area contributed by atoms with Gasteiger partial charge >= 0.3 is 6.09 Å². The van der Waals surface area contributed by atoms with Crippen molar-refractivity contribution in [2.24, 2.45) is 11.3 Å². The van der Waals surface area contributed by atoms with Crippen LogP contribution in [0.15, 0.2) is 30.3 Å². The van der Waals surface area contributed by atoms with Gasteiger partial charge in [-0.1, -0.05) is 43.2 Å². The molecule has 170 valence electrons. The average molecular weight is 439 g/mol. The second-order valence-corrected chi connectivity index (χ2v) is 9.30. The highest BCUT2D eigenvalue weighted by atomic mass is 16.6. The summed E-state index contributed by atoms with van der Waals surface area (Å²) in [6, 6.07) is 10.1. The van der Waals surface area contributed by atoms with E-state index >= 15 is 0 Å². The molecule has 0 radical (unpaired) electrons. The molecular weight excluding hydrogens is 408 g/mol. The topological polar surface area (TPSA) is 112 Å². The molecule has 1 aliphatic carbocycles. The molecule has 3 fully saturated rings. The van der Waals surface area contributed by atoms with Gasteiger partial charge in [-0.15, -0.1) is 0 Å². The highest BCUT2D eigenvalue weighted by molar-refractivity contribution is 5.87. The maximum Gasteiger partial charge on any atom is 0.410 e. The summed E-state index contributed by atoms with van der Waals surface area (Å²) >= 11 is 0. The molecule has 0 aromatic heterocycles. The molecule has 3 atom stereocenters. The van der Waals surface area contributed by atoms with Crippen LogP contribution >= 0.6 is 0 Å². The van der Waals surface area contributed by atoms with Gasteiger partial charge in [0, 0.05) is 19.0 Å². The summed E-state index contributed by atoms with van der Waals surface area (Å²) in [5.74, 6) is -0.677. The van der Waals surface area contributed by atoms with E-state index in [1.165, 1.54) is 0 Å². The smallest absolute Gasteiger partial charge is 0.410 e. The molecule has 2 saturated heterocycles. The molecule has 3 amide bonds. The van der Waals surface area contributed by atoms with Gasteiger partial charge in [-0.3, -0.25) is 14.5 Å². The highest BCUT2D eigenvalue weighted by Crippen LogP contribution is 2.48. The zero-order chi connectivity index (χ0) is 22.6. The number of hydrogen-bond acceptors (Lipinski definition) is 5. The number of nitriles is 1. The molecule has 1 saturated carbocycles. The lowest BCUT2D eigenvalue weighted by molar-refractivity contribution is -0.126. The molecule has 2 N–H and O–H groups in total. The summed E-state index contributed by atoms with van der Waals surface area (Å²) < 4.78 is 5.54. The van der Waals surface area contributed by atoms with E-state index < -0.39 is 18.2 Å². The summed E-state index contributed by atoms with van der Waals surface area (Å²) in [6.45, 7) is 1.25. The van der Waals surface area contributed by atoms with Crippen LogP contribution in [0.4, 0.5) is 4.79 Å². The number of nitrogens with zero attached hydrogens (tertiary/aromatic N) is 2. The first-order valence-electron chi connectivity index (χ1n) is 11.4. The minimum atomic E-state index is -0.765. The van der Waals surface area contributed by atoms with Gasteiger partial charge in [-0.2, -0.15) is 5.26 Å². The van der Waals surface area contributed by atoms with Crippen molar-refractivity contribution >= 4 is 17.9 Å². The fourth-order valence-electron chi connectivity index (χ4n) is 5.34. The largest absolute Gasteiger partial charge is 0.445 e.